The number of methoxy groups -OCH3 is 1. The molecule has 4 heterocycles. The Morgan fingerprint density at radius 2 is 1.72 bits per heavy atom. The van der Waals surface area contributed by atoms with Crippen LogP contribution in [0, 0.1) is 5.41 Å². The fraction of sp³-hybridized carbons (Fsp3) is 0.600. The molecule has 5 unspecified atom stereocenters. The molecule has 10 heteroatoms. The van der Waals surface area contributed by atoms with Crippen LogP contribution in [0.2, 0.25) is 0 Å². The molecule has 0 spiro atoms. The second-order valence-electron chi connectivity index (χ2n) is 15.8. The number of hydrogen-bond donors (Lipinski definition) is 2. The van der Waals surface area contributed by atoms with Crippen LogP contribution in [-0.2, 0) is 21.4 Å². The number of carbonyl (C=O) groups excluding carboxylic acids is 2. The van der Waals surface area contributed by atoms with Crippen molar-refractivity contribution in [3.05, 3.63) is 53.1 Å². The summed E-state index contributed by atoms with van der Waals surface area (Å²) >= 11 is 0. The predicted octanol–water partition coefficient (Wildman–Crippen LogP) is 7.09. The van der Waals surface area contributed by atoms with Gasteiger partial charge in [0, 0.05) is 46.7 Å². The smallest absolute Gasteiger partial charge is 0.264 e. The van der Waals surface area contributed by atoms with E-state index in [-0.39, 0.29) is 23.9 Å². The van der Waals surface area contributed by atoms with E-state index in [1.54, 1.807) is 27.0 Å². The summed E-state index contributed by atoms with van der Waals surface area (Å²) in [7, 11) is -0.110. The lowest BCUT2D eigenvalue weighted by Gasteiger charge is -2.45. The van der Waals surface area contributed by atoms with Gasteiger partial charge in [0.05, 0.1) is 23.5 Å². The number of amides is 2. The standard InChI is InChI=1S/C40H54N4O5S/c1-7-24(2)50(47,48)42-38(45)27-13-17-33-35(19-27)43-23-40(4,39(46)44-29-14-15-30(44)21-28(20-29)41-5)25(3)34-22-31(49-6)16-18-32(34)37(43)36(33)26-11-9-8-10-12-26/h13,16-19,22,24-26,28-30,41H,7-12,14-15,20-21,23H2,1-6H3,(H,42,45). The summed E-state index contributed by atoms with van der Waals surface area (Å²) in [4.78, 5) is 31.1. The van der Waals surface area contributed by atoms with Crippen molar-refractivity contribution in [2.45, 2.75) is 134 Å². The molecule has 9 nitrogen and oxygen atoms in total. The maximum Gasteiger partial charge on any atom is 0.264 e. The molecule has 50 heavy (non-hydrogen) atoms. The Morgan fingerprint density at radius 1 is 1.02 bits per heavy atom. The average Bonchev–Trinajstić information content (AvgIpc) is 3.55. The van der Waals surface area contributed by atoms with Crippen LogP contribution in [0.3, 0.4) is 0 Å². The third-order valence-electron chi connectivity index (χ3n) is 13.0. The van der Waals surface area contributed by atoms with Gasteiger partial charge in [0.1, 0.15) is 5.75 Å². The molecule has 5 atom stereocenters. The van der Waals surface area contributed by atoms with Gasteiger partial charge < -0.3 is 19.5 Å². The molecule has 2 N–H and O–H groups in total. The minimum absolute atomic E-state index is 0.122. The van der Waals surface area contributed by atoms with Gasteiger partial charge in [-0.05, 0) is 119 Å². The summed E-state index contributed by atoms with van der Waals surface area (Å²) in [5.41, 5.74) is 4.99. The van der Waals surface area contributed by atoms with Crippen molar-refractivity contribution in [2.75, 3.05) is 14.2 Å². The van der Waals surface area contributed by atoms with E-state index in [1.807, 2.05) is 25.2 Å². The Hall–Kier alpha value is -3.37. The van der Waals surface area contributed by atoms with E-state index in [1.165, 1.54) is 12.0 Å². The van der Waals surface area contributed by atoms with Crippen molar-refractivity contribution in [2.24, 2.45) is 5.41 Å². The van der Waals surface area contributed by atoms with Crippen molar-refractivity contribution in [1.29, 1.82) is 0 Å². The lowest BCUT2D eigenvalue weighted by Crippen LogP contribution is -2.56. The average molecular weight is 703 g/mol. The third kappa shape index (κ3) is 5.74. The summed E-state index contributed by atoms with van der Waals surface area (Å²) in [6, 6.07) is 12.8. The second kappa shape index (κ2) is 13.3. The number of rotatable bonds is 8. The number of aromatic nitrogens is 1. The molecule has 270 valence electrons. The largest absolute Gasteiger partial charge is 0.497 e. The fourth-order valence-corrected chi connectivity index (χ4v) is 10.6. The van der Waals surface area contributed by atoms with Crippen LogP contribution >= 0.6 is 0 Å². The zero-order valence-electron chi connectivity index (χ0n) is 30.6. The quantitative estimate of drug-likeness (QED) is 0.260. The molecule has 1 aromatic heterocycles. The van der Waals surface area contributed by atoms with Crippen molar-refractivity contribution >= 4 is 32.7 Å². The van der Waals surface area contributed by atoms with E-state index in [9.17, 15) is 13.2 Å². The first kappa shape index (κ1) is 35.1. The van der Waals surface area contributed by atoms with Crippen LogP contribution in [0.5, 0.6) is 5.75 Å². The second-order valence-corrected chi connectivity index (χ2v) is 17.9. The lowest BCUT2D eigenvalue weighted by atomic mass is 9.71. The number of nitrogens with one attached hydrogen (secondary N) is 2. The van der Waals surface area contributed by atoms with E-state index in [0.29, 0.717) is 30.5 Å². The Morgan fingerprint density at radius 3 is 2.36 bits per heavy atom. The van der Waals surface area contributed by atoms with Gasteiger partial charge in [-0.2, -0.15) is 0 Å². The van der Waals surface area contributed by atoms with E-state index in [4.69, 9.17) is 4.74 Å². The third-order valence-corrected chi connectivity index (χ3v) is 14.9. The first-order chi connectivity index (χ1) is 23.9. The van der Waals surface area contributed by atoms with Crippen LogP contribution in [0.15, 0.2) is 36.4 Å². The molecule has 3 aromatic rings. The number of ether oxygens (including phenoxy) is 1. The number of carbonyl (C=O) groups is 2. The van der Waals surface area contributed by atoms with Crippen molar-refractivity contribution in [3.8, 4) is 17.0 Å². The number of sulfonamides is 1. The number of benzene rings is 2. The number of nitrogens with zero attached hydrogens (tertiary/aromatic N) is 2. The highest BCUT2D eigenvalue weighted by Crippen LogP contribution is 2.54. The molecule has 7 rings (SSSR count). The fourth-order valence-electron chi connectivity index (χ4n) is 9.63. The van der Waals surface area contributed by atoms with Crippen molar-refractivity contribution in [1.82, 2.24) is 19.5 Å². The van der Waals surface area contributed by atoms with Gasteiger partial charge in [0.25, 0.3) is 5.91 Å². The first-order valence-corrected chi connectivity index (χ1v) is 20.4. The van der Waals surface area contributed by atoms with E-state index >= 15 is 4.79 Å². The molecule has 1 saturated carbocycles. The van der Waals surface area contributed by atoms with Gasteiger partial charge in [0.2, 0.25) is 15.9 Å². The molecule has 2 aromatic carbocycles. The maximum atomic E-state index is 15.3. The highest BCUT2D eigenvalue weighted by Gasteiger charge is 2.52. The molecule has 1 aliphatic carbocycles. The summed E-state index contributed by atoms with van der Waals surface area (Å²) < 4.78 is 36.3. The highest BCUT2D eigenvalue weighted by molar-refractivity contribution is 7.90. The van der Waals surface area contributed by atoms with Gasteiger partial charge in [-0.3, -0.25) is 9.59 Å². The van der Waals surface area contributed by atoms with Gasteiger partial charge in [0.15, 0.2) is 0 Å². The minimum Gasteiger partial charge on any atom is -0.497 e. The lowest BCUT2D eigenvalue weighted by molar-refractivity contribution is -0.148. The zero-order valence-corrected chi connectivity index (χ0v) is 31.4. The molecule has 3 fully saturated rings. The Bertz CT molecular complexity index is 1900. The topological polar surface area (TPSA) is 110 Å². The molecule has 2 amide bonds. The van der Waals surface area contributed by atoms with Crippen LogP contribution in [0.25, 0.3) is 22.2 Å². The Balaban J connectivity index is 1.43. The molecular formula is C40H54N4O5S. The zero-order chi connectivity index (χ0) is 35.5. The molecule has 2 saturated heterocycles. The summed E-state index contributed by atoms with van der Waals surface area (Å²) in [6.45, 7) is 8.20. The minimum atomic E-state index is -3.83. The van der Waals surface area contributed by atoms with E-state index < -0.39 is 26.6 Å². The SMILES string of the molecule is CCC(C)S(=O)(=O)NC(=O)c1ccc2c(C3CCCCC3)c3n(c2c1)CC(C)(C(=O)N1C2CCC1CC(NC)C2)C(C)c1cc(OC)ccc1-3. The van der Waals surface area contributed by atoms with Gasteiger partial charge >= 0.3 is 0 Å². The Labute approximate surface area is 297 Å². The molecular weight excluding hydrogens is 649 g/mol. The van der Waals surface area contributed by atoms with Crippen LogP contribution in [0.4, 0.5) is 0 Å². The van der Waals surface area contributed by atoms with Crippen LogP contribution < -0.4 is 14.8 Å². The van der Waals surface area contributed by atoms with E-state index in [0.717, 1.165) is 84.8 Å². The van der Waals surface area contributed by atoms with Crippen LogP contribution in [0.1, 0.15) is 125 Å². The molecule has 3 aliphatic heterocycles. The monoisotopic (exact) mass is 702 g/mol. The van der Waals surface area contributed by atoms with Crippen molar-refractivity contribution < 1.29 is 22.7 Å². The van der Waals surface area contributed by atoms with Crippen LogP contribution in [-0.4, -0.2) is 67.2 Å². The molecule has 4 aliphatic rings. The van der Waals surface area contributed by atoms with Gasteiger partial charge in [-0.15, -0.1) is 0 Å². The predicted molar refractivity (Wildman–Crippen MR) is 198 cm³/mol. The summed E-state index contributed by atoms with van der Waals surface area (Å²) in [6.07, 6.45) is 10.1. The number of piperidine rings is 1. The maximum absolute atomic E-state index is 15.3. The van der Waals surface area contributed by atoms with Gasteiger partial charge in [-0.1, -0.05) is 39.2 Å². The number of hydrogen-bond acceptors (Lipinski definition) is 6. The van der Waals surface area contributed by atoms with Crippen molar-refractivity contribution in [3.63, 3.8) is 0 Å². The highest BCUT2D eigenvalue weighted by atomic mass is 32.2. The first-order valence-electron chi connectivity index (χ1n) is 18.8. The summed E-state index contributed by atoms with van der Waals surface area (Å²) in [5.74, 6) is 0.559. The van der Waals surface area contributed by atoms with E-state index in [2.05, 4.69) is 45.5 Å². The Kier molecular flexibility index (Phi) is 9.33. The molecule has 0 radical (unpaired) electrons. The molecule has 2 bridgehead atoms. The summed E-state index contributed by atoms with van der Waals surface area (Å²) in [5, 5.41) is 3.87. The van der Waals surface area contributed by atoms with Gasteiger partial charge in [-0.25, -0.2) is 13.1 Å². The normalized spacial score (nSPS) is 27.4. The number of fused-ring (bicyclic) bond motifs is 7.